The number of nitrogens with zero attached hydrogens (tertiary/aromatic N) is 1. The maximum Gasteiger partial charge on any atom is 0.284 e. The number of benzene rings is 1. The van der Waals surface area contributed by atoms with Gasteiger partial charge in [-0.3, -0.25) is 5.32 Å². The van der Waals surface area contributed by atoms with Gasteiger partial charge in [-0.15, -0.1) is 11.3 Å². The third-order valence-corrected chi connectivity index (χ3v) is 4.16. The fraction of sp³-hybridized carbons (Fsp3) is 0.214. The van der Waals surface area contributed by atoms with Gasteiger partial charge < -0.3 is 5.32 Å². The van der Waals surface area contributed by atoms with E-state index >= 15 is 0 Å². The minimum atomic E-state index is 1.13. The average molecular weight is 258 g/mol. The van der Waals surface area contributed by atoms with Crippen LogP contribution >= 0.6 is 11.3 Å². The zero-order valence-corrected chi connectivity index (χ0v) is 11.6. The minimum absolute atomic E-state index is 1.13. The smallest absolute Gasteiger partial charge is 0.284 e. The molecule has 3 nitrogen and oxygen atoms in total. The zero-order valence-electron chi connectivity index (χ0n) is 10.7. The molecule has 1 aromatic carbocycles. The Hall–Kier alpha value is -1.81. The van der Waals surface area contributed by atoms with Gasteiger partial charge in [-0.2, -0.15) is 0 Å². The zero-order chi connectivity index (χ0) is 12.7. The maximum absolute atomic E-state index is 3.53. The Morgan fingerprint density at radius 2 is 2.06 bits per heavy atom. The van der Waals surface area contributed by atoms with E-state index < -0.39 is 0 Å². The fourth-order valence-corrected chi connectivity index (χ4v) is 3.31. The average Bonchev–Trinajstić information content (AvgIpc) is 2.67. The first-order chi connectivity index (χ1) is 8.70. The highest BCUT2D eigenvalue weighted by Gasteiger charge is 2.25. The van der Waals surface area contributed by atoms with E-state index in [9.17, 15) is 0 Å². The Morgan fingerprint density at radius 3 is 2.83 bits per heavy atom. The highest BCUT2D eigenvalue weighted by molar-refractivity contribution is 7.16. The molecule has 0 saturated carbocycles. The van der Waals surface area contributed by atoms with Crippen molar-refractivity contribution in [3.05, 3.63) is 40.8 Å². The quantitative estimate of drug-likeness (QED) is 0.711. The van der Waals surface area contributed by atoms with Crippen LogP contribution in [0.15, 0.2) is 30.3 Å². The van der Waals surface area contributed by atoms with E-state index in [0.29, 0.717) is 0 Å². The number of rotatable bonds is 0. The second kappa shape index (κ2) is 4.14. The molecule has 18 heavy (non-hydrogen) atoms. The first kappa shape index (κ1) is 11.3. The predicted molar refractivity (Wildman–Crippen MR) is 77.8 cm³/mol. The van der Waals surface area contributed by atoms with Gasteiger partial charge in [0.05, 0.1) is 25.3 Å². The summed E-state index contributed by atoms with van der Waals surface area (Å²) in [5.41, 5.74) is 3.56. The van der Waals surface area contributed by atoms with Crippen LogP contribution in [-0.4, -0.2) is 24.5 Å². The monoisotopic (exact) mass is 258 g/mol. The molecular weight excluding hydrogens is 242 g/mol. The van der Waals surface area contributed by atoms with E-state index in [4.69, 9.17) is 0 Å². The van der Waals surface area contributed by atoms with E-state index in [1.807, 2.05) is 7.05 Å². The lowest BCUT2D eigenvalue weighted by Crippen LogP contribution is -2.27. The Bertz CT molecular complexity index is 640. The van der Waals surface area contributed by atoms with Crippen molar-refractivity contribution in [1.29, 1.82) is 0 Å². The first-order valence-electron chi connectivity index (χ1n) is 5.96. The molecule has 92 valence electrons. The third-order valence-electron chi connectivity index (χ3n) is 3.20. The SMILES string of the molecule is CNC1=[N+](C)c2ccccc2Nc2sc(C)cc21. The number of para-hydroxylation sites is 2. The number of thiophene rings is 1. The summed E-state index contributed by atoms with van der Waals surface area (Å²) in [7, 11) is 4.06. The van der Waals surface area contributed by atoms with Gasteiger partial charge in [0.25, 0.3) is 5.84 Å². The van der Waals surface area contributed by atoms with Crippen LogP contribution in [0.2, 0.25) is 0 Å². The molecule has 0 aliphatic carbocycles. The molecule has 0 spiro atoms. The lowest BCUT2D eigenvalue weighted by Gasteiger charge is -2.06. The van der Waals surface area contributed by atoms with Crippen molar-refractivity contribution >= 4 is 33.5 Å². The van der Waals surface area contributed by atoms with Crippen molar-refractivity contribution in [3.63, 3.8) is 0 Å². The molecule has 1 aliphatic heterocycles. The maximum atomic E-state index is 3.53. The molecular formula is C14H16N3S+. The number of anilines is 2. The molecule has 2 aromatic rings. The molecule has 2 heterocycles. The first-order valence-corrected chi connectivity index (χ1v) is 6.77. The Labute approximate surface area is 111 Å². The van der Waals surface area contributed by atoms with Crippen LogP contribution in [0, 0.1) is 6.92 Å². The van der Waals surface area contributed by atoms with Crippen LogP contribution in [0.25, 0.3) is 0 Å². The Balaban J connectivity index is 2.31. The summed E-state index contributed by atoms with van der Waals surface area (Å²) < 4.78 is 2.19. The molecule has 1 aromatic heterocycles. The lowest BCUT2D eigenvalue weighted by atomic mass is 10.2. The van der Waals surface area contributed by atoms with Gasteiger partial charge >= 0.3 is 0 Å². The number of aryl methyl sites for hydroxylation is 1. The molecule has 0 unspecified atom stereocenters. The summed E-state index contributed by atoms with van der Waals surface area (Å²) in [5.74, 6) is 1.13. The van der Waals surface area contributed by atoms with Crippen molar-refractivity contribution in [2.75, 3.05) is 19.4 Å². The molecule has 2 N–H and O–H groups in total. The fourth-order valence-electron chi connectivity index (χ4n) is 2.38. The molecule has 3 rings (SSSR count). The van der Waals surface area contributed by atoms with E-state index in [-0.39, 0.29) is 0 Å². The summed E-state index contributed by atoms with van der Waals surface area (Å²) in [5, 5.41) is 8.05. The van der Waals surface area contributed by atoms with Crippen LogP contribution in [0.5, 0.6) is 0 Å². The van der Waals surface area contributed by atoms with Gasteiger partial charge in [0.1, 0.15) is 5.00 Å². The van der Waals surface area contributed by atoms with Crippen molar-refractivity contribution in [1.82, 2.24) is 5.32 Å². The van der Waals surface area contributed by atoms with Crippen LogP contribution in [0.4, 0.5) is 16.4 Å². The Kier molecular flexibility index (Phi) is 2.59. The highest BCUT2D eigenvalue weighted by atomic mass is 32.1. The van der Waals surface area contributed by atoms with E-state index in [2.05, 4.69) is 59.5 Å². The molecule has 1 aliphatic rings. The van der Waals surface area contributed by atoms with Gasteiger partial charge in [-0.1, -0.05) is 12.1 Å². The highest BCUT2D eigenvalue weighted by Crippen LogP contribution is 2.37. The van der Waals surface area contributed by atoms with Crippen LogP contribution in [0.3, 0.4) is 0 Å². The van der Waals surface area contributed by atoms with E-state index in [1.165, 1.54) is 21.1 Å². The third kappa shape index (κ3) is 1.61. The Morgan fingerprint density at radius 1 is 1.28 bits per heavy atom. The molecule has 0 atom stereocenters. The van der Waals surface area contributed by atoms with Gasteiger partial charge in [-0.25, -0.2) is 4.58 Å². The number of hydrogen-bond donors (Lipinski definition) is 2. The second-order valence-electron chi connectivity index (χ2n) is 4.40. The molecule has 0 amide bonds. The van der Waals surface area contributed by atoms with Gasteiger partial charge in [0.2, 0.25) is 0 Å². The molecule has 0 bridgehead atoms. The summed E-state index contributed by atoms with van der Waals surface area (Å²) in [6.07, 6.45) is 0. The van der Waals surface area contributed by atoms with Gasteiger partial charge in [0.15, 0.2) is 5.69 Å². The summed E-state index contributed by atoms with van der Waals surface area (Å²) in [4.78, 5) is 1.31. The number of hydrogen-bond acceptors (Lipinski definition) is 3. The number of nitrogens with one attached hydrogen (secondary N) is 2. The van der Waals surface area contributed by atoms with Gasteiger partial charge in [-0.05, 0) is 25.1 Å². The molecule has 4 heteroatoms. The second-order valence-corrected chi connectivity index (χ2v) is 5.66. The standard InChI is InChI=1S/C14H15N3S/c1-9-8-10-13(15-2)17(3)12-7-5-4-6-11(12)16-14(10)18-9/h4-8H,1-3H3,(H,15,16)/p+1. The van der Waals surface area contributed by atoms with Crippen molar-refractivity contribution < 1.29 is 4.58 Å². The topological polar surface area (TPSA) is 27.1 Å². The van der Waals surface area contributed by atoms with E-state index in [1.54, 1.807) is 11.3 Å². The minimum Gasteiger partial charge on any atom is -0.343 e. The molecule has 0 saturated heterocycles. The summed E-state index contributed by atoms with van der Waals surface area (Å²) >= 11 is 1.79. The van der Waals surface area contributed by atoms with Gasteiger partial charge in [0, 0.05) is 4.88 Å². The molecule has 0 radical (unpaired) electrons. The van der Waals surface area contributed by atoms with Crippen molar-refractivity contribution in [2.24, 2.45) is 0 Å². The molecule has 0 fully saturated rings. The van der Waals surface area contributed by atoms with Crippen LogP contribution < -0.4 is 10.6 Å². The predicted octanol–water partition coefficient (Wildman–Crippen LogP) is 3.05. The summed E-state index contributed by atoms with van der Waals surface area (Å²) in [6.45, 7) is 2.14. The number of amidine groups is 1. The normalized spacial score (nSPS) is 13.5. The lowest BCUT2D eigenvalue weighted by molar-refractivity contribution is -0.405. The largest absolute Gasteiger partial charge is 0.343 e. The van der Waals surface area contributed by atoms with Crippen LogP contribution in [0.1, 0.15) is 10.4 Å². The number of fused-ring (bicyclic) bond motifs is 2. The van der Waals surface area contributed by atoms with Crippen molar-refractivity contribution in [2.45, 2.75) is 6.92 Å². The van der Waals surface area contributed by atoms with Crippen molar-refractivity contribution in [3.8, 4) is 0 Å². The van der Waals surface area contributed by atoms with E-state index in [0.717, 1.165) is 11.5 Å². The van der Waals surface area contributed by atoms with Crippen LogP contribution in [-0.2, 0) is 0 Å². The summed E-state index contributed by atoms with van der Waals surface area (Å²) in [6, 6.07) is 10.6.